The second-order valence-corrected chi connectivity index (χ2v) is 4.60. The van der Waals surface area contributed by atoms with Gasteiger partial charge in [0.25, 0.3) is 0 Å². The summed E-state index contributed by atoms with van der Waals surface area (Å²) in [5.74, 6) is -0.642. The molecule has 6 heteroatoms. The summed E-state index contributed by atoms with van der Waals surface area (Å²) in [4.78, 5) is 11.5. The van der Waals surface area contributed by atoms with Crippen LogP contribution in [-0.4, -0.2) is 27.5 Å². The number of carbonyl (C=O) groups is 1. The molecule has 0 aliphatic carbocycles. The van der Waals surface area contributed by atoms with Gasteiger partial charge in [0.15, 0.2) is 6.10 Å². The molecular weight excluding hydrogens is 300 g/mol. The van der Waals surface area contributed by atoms with Crippen LogP contribution in [-0.2, 0) is 16.6 Å². The van der Waals surface area contributed by atoms with E-state index >= 15 is 0 Å². The first kappa shape index (κ1) is 13.0. The van der Waals surface area contributed by atoms with Crippen molar-refractivity contribution in [1.29, 1.82) is 0 Å². The largest absolute Gasteiger partial charge is 0.464 e. The molecule has 0 fully saturated rings. The highest BCUT2D eigenvalue weighted by Gasteiger charge is 2.19. The maximum Gasteiger partial charge on any atom is 0.339 e. The lowest BCUT2D eigenvalue weighted by Crippen LogP contribution is -2.15. The SMILES string of the molecule is CCOC(=O)C(O)c1ccc2c(c1)c(Br)nn2C. The molecule has 0 saturated heterocycles. The summed E-state index contributed by atoms with van der Waals surface area (Å²) in [6.07, 6.45) is -1.26. The van der Waals surface area contributed by atoms with Crippen LogP contribution in [0.1, 0.15) is 18.6 Å². The van der Waals surface area contributed by atoms with Crippen LogP contribution < -0.4 is 0 Å². The Hall–Kier alpha value is -1.40. The summed E-state index contributed by atoms with van der Waals surface area (Å²) < 4.78 is 7.18. The van der Waals surface area contributed by atoms with E-state index in [1.807, 2.05) is 13.1 Å². The van der Waals surface area contributed by atoms with E-state index in [1.54, 1.807) is 23.7 Å². The Morgan fingerprint density at radius 1 is 1.61 bits per heavy atom. The molecule has 2 rings (SSSR count). The van der Waals surface area contributed by atoms with Gasteiger partial charge in [-0.1, -0.05) is 6.07 Å². The fraction of sp³-hybridized carbons (Fsp3) is 0.333. The van der Waals surface area contributed by atoms with Gasteiger partial charge in [-0.05, 0) is 40.5 Å². The van der Waals surface area contributed by atoms with E-state index in [-0.39, 0.29) is 6.61 Å². The van der Waals surface area contributed by atoms with Gasteiger partial charge in [0, 0.05) is 12.4 Å². The highest BCUT2D eigenvalue weighted by Crippen LogP contribution is 2.26. The fourth-order valence-electron chi connectivity index (χ4n) is 1.77. The van der Waals surface area contributed by atoms with Crippen molar-refractivity contribution in [2.24, 2.45) is 7.05 Å². The first-order valence-electron chi connectivity index (χ1n) is 5.51. The predicted octanol–water partition coefficient (Wildman–Crippen LogP) is 1.93. The molecule has 96 valence electrons. The summed E-state index contributed by atoms with van der Waals surface area (Å²) in [6, 6.07) is 5.23. The minimum atomic E-state index is -1.26. The molecule has 0 saturated carbocycles. The van der Waals surface area contributed by atoms with Gasteiger partial charge in [-0.15, -0.1) is 0 Å². The number of fused-ring (bicyclic) bond motifs is 1. The average molecular weight is 313 g/mol. The van der Waals surface area contributed by atoms with E-state index < -0.39 is 12.1 Å². The lowest BCUT2D eigenvalue weighted by Gasteiger charge is -2.09. The smallest absolute Gasteiger partial charge is 0.339 e. The lowest BCUT2D eigenvalue weighted by molar-refractivity contribution is -0.153. The number of esters is 1. The molecule has 1 unspecified atom stereocenters. The number of aliphatic hydroxyl groups is 1. The quantitative estimate of drug-likeness (QED) is 0.880. The highest BCUT2D eigenvalue weighted by molar-refractivity contribution is 9.10. The molecule has 1 N–H and O–H groups in total. The van der Waals surface area contributed by atoms with Crippen LogP contribution in [0.5, 0.6) is 0 Å². The number of carbonyl (C=O) groups excluding carboxylic acids is 1. The van der Waals surface area contributed by atoms with E-state index in [0.717, 1.165) is 10.9 Å². The summed E-state index contributed by atoms with van der Waals surface area (Å²) in [6.45, 7) is 1.94. The molecule has 1 aromatic carbocycles. The zero-order valence-corrected chi connectivity index (χ0v) is 11.6. The molecule has 0 aliphatic heterocycles. The second-order valence-electron chi connectivity index (χ2n) is 3.85. The van der Waals surface area contributed by atoms with Gasteiger partial charge in [-0.3, -0.25) is 4.68 Å². The Labute approximate surface area is 112 Å². The summed E-state index contributed by atoms with van der Waals surface area (Å²) in [7, 11) is 1.83. The first-order chi connectivity index (χ1) is 8.54. The molecule has 0 radical (unpaired) electrons. The number of hydrogen-bond donors (Lipinski definition) is 1. The topological polar surface area (TPSA) is 64.3 Å². The van der Waals surface area contributed by atoms with Gasteiger partial charge < -0.3 is 9.84 Å². The third-order valence-corrected chi connectivity index (χ3v) is 3.24. The van der Waals surface area contributed by atoms with Crippen LogP contribution in [0.2, 0.25) is 0 Å². The van der Waals surface area contributed by atoms with Crippen LogP contribution in [0.25, 0.3) is 10.9 Å². The zero-order valence-electron chi connectivity index (χ0n) is 10.1. The Bertz CT molecular complexity index is 594. The normalized spacial score (nSPS) is 12.7. The molecule has 0 amide bonds. The summed E-state index contributed by atoms with van der Waals surface area (Å²) in [5.41, 5.74) is 1.41. The van der Waals surface area contributed by atoms with Gasteiger partial charge in [-0.2, -0.15) is 5.10 Å². The molecule has 5 nitrogen and oxygen atoms in total. The number of aliphatic hydroxyl groups excluding tert-OH is 1. The van der Waals surface area contributed by atoms with Gasteiger partial charge in [-0.25, -0.2) is 4.79 Å². The maximum atomic E-state index is 11.5. The fourth-order valence-corrected chi connectivity index (χ4v) is 2.32. The van der Waals surface area contributed by atoms with Crippen molar-refractivity contribution in [1.82, 2.24) is 9.78 Å². The van der Waals surface area contributed by atoms with E-state index in [9.17, 15) is 9.90 Å². The predicted molar refractivity (Wildman–Crippen MR) is 70.0 cm³/mol. The maximum absolute atomic E-state index is 11.5. The molecule has 0 bridgehead atoms. The number of rotatable bonds is 3. The van der Waals surface area contributed by atoms with Gasteiger partial charge in [0.1, 0.15) is 4.60 Å². The van der Waals surface area contributed by atoms with E-state index in [0.29, 0.717) is 10.2 Å². The molecule has 0 spiro atoms. The number of aryl methyl sites for hydroxylation is 1. The van der Waals surface area contributed by atoms with E-state index in [1.165, 1.54) is 0 Å². The van der Waals surface area contributed by atoms with Crippen LogP contribution >= 0.6 is 15.9 Å². The number of nitrogens with zero attached hydrogens (tertiary/aromatic N) is 2. The molecule has 1 atom stereocenters. The van der Waals surface area contributed by atoms with E-state index in [2.05, 4.69) is 21.0 Å². The number of aromatic nitrogens is 2. The molecular formula is C12H13BrN2O3. The molecule has 1 heterocycles. The highest BCUT2D eigenvalue weighted by atomic mass is 79.9. The number of benzene rings is 1. The van der Waals surface area contributed by atoms with Gasteiger partial charge in [0.05, 0.1) is 12.1 Å². The van der Waals surface area contributed by atoms with Crippen LogP contribution in [0.15, 0.2) is 22.8 Å². The minimum absolute atomic E-state index is 0.245. The van der Waals surface area contributed by atoms with Gasteiger partial charge in [0.2, 0.25) is 0 Å². The third kappa shape index (κ3) is 2.26. The van der Waals surface area contributed by atoms with Crippen LogP contribution in [0.3, 0.4) is 0 Å². The Balaban J connectivity index is 2.41. The van der Waals surface area contributed by atoms with Crippen molar-refractivity contribution in [3.63, 3.8) is 0 Å². The minimum Gasteiger partial charge on any atom is -0.464 e. The number of ether oxygens (including phenoxy) is 1. The molecule has 18 heavy (non-hydrogen) atoms. The standard InChI is InChI=1S/C12H13BrN2O3/c1-3-18-12(17)10(16)7-4-5-9-8(6-7)11(13)14-15(9)2/h4-6,10,16H,3H2,1-2H3. The molecule has 2 aromatic rings. The van der Waals surface area contributed by atoms with Gasteiger partial charge >= 0.3 is 5.97 Å². The third-order valence-electron chi connectivity index (χ3n) is 2.65. The van der Waals surface area contributed by atoms with Crippen LogP contribution in [0, 0.1) is 0 Å². The second kappa shape index (κ2) is 5.07. The van der Waals surface area contributed by atoms with Crippen molar-refractivity contribution in [3.8, 4) is 0 Å². The molecule has 1 aromatic heterocycles. The number of hydrogen-bond acceptors (Lipinski definition) is 4. The average Bonchev–Trinajstić information content (AvgIpc) is 2.64. The van der Waals surface area contributed by atoms with Crippen LogP contribution in [0.4, 0.5) is 0 Å². The Morgan fingerprint density at radius 2 is 2.33 bits per heavy atom. The van der Waals surface area contributed by atoms with E-state index in [4.69, 9.17) is 4.74 Å². The zero-order chi connectivity index (χ0) is 13.3. The summed E-state index contributed by atoms with van der Waals surface area (Å²) >= 11 is 3.34. The van der Waals surface area contributed by atoms with Crippen molar-refractivity contribution in [2.75, 3.05) is 6.61 Å². The van der Waals surface area contributed by atoms with Crippen molar-refractivity contribution in [3.05, 3.63) is 28.4 Å². The van der Waals surface area contributed by atoms with Crippen molar-refractivity contribution < 1.29 is 14.6 Å². The van der Waals surface area contributed by atoms with Crippen molar-refractivity contribution in [2.45, 2.75) is 13.0 Å². The molecule has 0 aliphatic rings. The Kier molecular flexibility index (Phi) is 3.68. The Morgan fingerprint density at radius 3 is 3.00 bits per heavy atom. The monoisotopic (exact) mass is 312 g/mol. The number of halogens is 1. The summed E-state index contributed by atoms with van der Waals surface area (Å²) in [5, 5.41) is 14.9. The van der Waals surface area contributed by atoms with Crippen molar-refractivity contribution >= 4 is 32.8 Å². The lowest BCUT2D eigenvalue weighted by atomic mass is 10.1. The first-order valence-corrected chi connectivity index (χ1v) is 6.30.